The zero-order valence-electron chi connectivity index (χ0n) is 10.2. The molecule has 1 aliphatic heterocycles. The molecule has 2 heterocycles. The minimum absolute atomic E-state index is 0.0736. The number of aliphatic carboxylic acids is 1. The van der Waals surface area contributed by atoms with Crippen molar-refractivity contribution in [3.8, 4) is 0 Å². The zero-order chi connectivity index (χ0) is 13.3. The van der Waals surface area contributed by atoms with Crippen LogP contribution < -0.4 is 0 Å². The lowest BCUT2D eigenvalue weighted by atomic mass is 10.2. The molecule has 1 amide bonds. The fraction of sp³-hybridized carbons (Fsp3) is 0.545. The van der Waals surface area contributed by atoms with Gasteiger partial charge in [0.15, 0.2) is 6.10 Å². The summed E-state index contributed by atoms with van der Waals surface area (Å²) < 4.78 is 5.08. The number of carboxylic acids is 1. The molecule has 1 fully saturated rings. The molecule has 0 bridgehead atoms. The van der Waals surface area contributed by atoms with Crippen molar-refractivity contribution in [2.45, 2.75) is 20.0 Å². The van der Waals surface area contributed by atoms with Gasteiger partial charge in [0.1, 0.15) is 5.69 Å². The molecule has 1 aliphatic rings. The van der Waals surface area contributed by atoms with E-state index in [4.69, 9.17) is 9.84 Å². The summed E-state index contributed by atoms with van der Waals surface area (Å²) in [6.45, 7) is 4.40. The molecular formula is C11H14N2O4S. The van der Waals surface area contributed by atoms with Gasteiger partial charge in [0, 0.05) is 11.4 Å². The first-order chi connectivity index (χ1) is 8.49. The molecular weight excluding hydrogens is 256 g/mol. The first-order valence-electron chi connectivity index (χ1n) is 5.56. The minimum atomic E-state index is -1.04. The van der Waals surface area contributed by atoms with Crippen LogP contribution in [0, 0.1) is 13.8 Å². The second-order valence-corrected chi connectivity index (χ2v) is 5.49. The predicted octanol–water partition coefficient (Wildman–Crippen LogP) is 0.686. The number of carbonyl (C=O) groups excluding carboxylic acids is 1. The van der Waals surface area contributed by atoms with Crippen LogP contribution in [0.15, 0.2) is 0 Å². The van der Waals surface area contributed by atoms with Crippen LogP contribution in [-0.4, -0.2) is 52.7 Å². The van der Waals surface area contributed by atoms with Crippen molar-refractivity contribution in [2.75, 3.05) is 19.7 Å². The highest BCUT2D eigenvalue weighted by Crippen LogP contribution is 2.19. The van der Waals surface area contributed by atoms with Crippen molar-refractivity contribution in [1.29, 1.82) is 0 Å². The Morgan fingerprint density at radius 3 is 2.78 bits per heavy atom. The summed E-state index contributed by atoms with van der Waals surface area (Å²) in [6, 6.07) is 0. The van der Waals surface area contributed by atoms with Crippen LogP contribution in [-0.2, 0) is 9.53 Å². The Morgan fingerprint density at radius 2 is 2.22 bits per heavy atom. The molecule has 1 aromatic heterocycles. The van der Waals surface area contributed by atoms with Crippen molar-refractivity contribution in [3.63, 3.8) is 0 Å². The molecule has 0 radical (unpaired) electrons. The molecule has 2 rings (SSSR count). The maximum Gasteiger partial charge on any atom is 0.334 e. The van der Waals surface area contributed by atoms with E-state index in [1.807, 2.05) is 13.8 Å². The monoisotopic (exact) mass is 270 g/mol. The lowest BCUT2D eigenvalue weighted by Crippen LogP contribution is -2.48. The number of aromatic nitrogens is 1. The van der Waals surface area contributed by atoms with Crippen LogP contribution in [0.4, 0.5) is 0 Å². The highest BCUT2D eigenvalue weighted by Gasteiger charge is 2.30. The Bertz CT molecular complexity index is 485. The fourth-order valence-electron chi connectivity index (χ4n) is 1.86. The van der Waals surface area contributed by atoms with E-state index in [2.05, 4.69) is 4.98 Å². The average Bonchev–Trinajstić information content (AvgIpc) is 2.67. The number of hydrogen-bond donors (Lipinski definition) is 1. The molecule has 1 aromatic rings. The average molecular weight is 270 g/mol. The van der Waals surface area contributed by atoms with E-state index in [-0.39, 0.29) is 19.1 Å². The maximum absolute atomic E-state index is 12.2. The Morgan fingerprint density at radius 1 is 1.50 bits per heavy atom. The molecule has 98 valence electrons. The van der Waals surface area contributed by atoms with E-state index in [0.717, 1.165) is 9.88 Å². The van der Waals surface area contributed by atoms with Gasteiger partial charge in [-0.25, -0.2) is 9.78 Å². The van der Waals surface area contributed by atoms with Gasteiger partial charge in [-0.2, -0.15) is 0 Å². The van der Waals surface area contributed by atoms with Crippen molar-refractivity contribution in [3.05, 3.63) is 15.6 Å². The molecule has 1 saturated heterocycles. The number of rotatable bonds is 2. The molecule has 1 atom stereocenters. The quantitative estimate of drug-likeness (QED) is 0.855. The van der Waals surface area contributed by atoms with Crippen LogP contribution in [0.25, 0.3) is 0 Å². The highest BCUT2D eigenvalue weighted by molar-refractivity contribution is 7.11. The molecule has 6 nitrogen and oxygen atoms in total. The molecule has 7 heteroatoms. The summed E-state index contributed by atoms with van der Waals surface area (Å²) in [5, 5.41) is 9.72. The summed E-state index contributed by atoms with van der Waals surface area (Å²) in [5.74, 6) is -1.26. The van der Waals surface area contributed by atoms with Crippen molar-refractivity contribution in [2.24, 2.45) is 0 Å². The SMILES string of the molecule is Cc1nc(C(=O)N2CCOC(C(=O)O)C2)c(C)s1. The summed E-state index contributed by atoms with van der Waals surface area (Å²) >= 11 is 1.46. The van der Waals surface area contributed by atoms with Gasteiger partial charge < -0.3 is 14.7 Å². The van der Waals surface area contributed by atoms with Crippen molar-refractivity contribution < 1.29 is 19.4 Å². The standard InChI is InChI=1S/C11H14N2O4S/c1-6-9(12-7(2)18-6)10(14)13-3-4-17-8(5-13)11(15)16/h8H,3-5H2,1-2H3,(H,15,16). The summed E-state index contributed by atoms with van der Waals surface area (Å²) in [7, 11) is 0. The van der Waals surface area contributed by atoms with Crippen LogP contribution >= 0.6 is 11.3 Å². The molecule has 1 N–H and O–H groups in total. The largest absolute Gasteiger partial charge is 0.479 e. The summed E-state index contributed by atoms with van der Waals surface area (Å²) in [6.07, 6.45) is -0.942. The summed E-state index contributed by atoms with van der Waals surface area (Å²) in [5.41, 5.74) is 0.420. The number of carboxylic acid groups (broad SMARTS) is 1. The Labute approximate surface area is 108 Å². The topological polar surface area (TPSA) is 79.7 Å². The van der Waals surface area contributed by atoms with E-state index in [0.29, 0.717) is 12.2 Å². The Kier molecular flexibility index (Phi) is 3.63. The summed E-state index contributed by atoms with van der Waals surface area (Å²) in [4.78, 5) is 29.6. The number of nitrogens with zero attached hydrogens (tertiary/aromatic N) is 2. The number of aryl methyl sites for hydroxylation is 2. The molecule has 18 heavy (non-hydrogen) atoms. The van der Waals surface area contributed by atoms with Crippen LogP contribution in [0.5, 0.6) is 0 Å². The van der Waals surface area contributed by atoms with E-state index in [1.54, 1.807) is 0 Å². The number of ether oxygens (including phenoxy) is 1. The third-order valence-electron chi connectivity index (χ3n) is 2.74. The first-order valence-corrected chi connectivity index (χ1v) is 6.38. The smallest absolute Gasteiger partial charge is 0.334 e. The lowest BCUT2D eigenvalue weighted by Gasteiger charge is -2.30. The second-order valence-electron chi connectivity index (χ2n) is 4.09. The molecule has 0 spiro atoms. The number of thiazole rings is 1. The first kappa shape index (κ1) is 13.0. The van der Waals surface area contributed by atoms with Gasteiger partial charge in [-0.3, -0.25) is 4.79 Å². The molecule has 0 aliphatic carbocycles. The number of morpholine rings is 1. The van der Waals surface area contributed by atoms with Crippen LogP contribution in [0.2, 0.25) is 0 Å². The van der Waals surface area contributed by atoms with Crippen LogP contribution in [0.1, 0.15) is 20.4 Å². The van der Waals surface area contributed by atoms with E-state index in [9.17, 15) is 9.59 Å². The minimum Gasteiger partial charge on any atom is -0.479 e. The van der Waals surface area contributed by atoms with Gasteiger partial charge in [0.05, 0.1) is 18.2 Å². The lowest BCUT2D eigenvalue weighted by molar-refractivity contribution is -0.154. The third-order valence-corrected chi connectivity index (χ3v) is 3.62. The van der Waals surface area contributed by atoms with Gasteiger partial charge in [0.2, 0.25) is 0 Å². The van der Waals surface area contributed by atoms with Crippen molar-refractivity contribution in [1.82, 2.24) is 9.88 Å². The zero-order valence-corrected chi connectivity index (χ0v) is 11.0. The number of carbonyl (C=O) groups is 2. The van der Waals surface area contributed by atoms with E-state index in [1.165, 1.54) is 16.2 Å². The van der Waals surface area contributed by atoms with Crippen LogP contribution in [0.3, 0.4) is 0 Å². The number of amides is 1. The Hall–Kier alpha value is -1.47. The molecule has 0 saturated carbocycles. The van der Waals surface area contributed by atoms with Gasteiger partial charge in [-0.05, 0) is 13.8 Å². The Balaban J connectivity index is 2.14. The molecule has 0 aromatic carbocycles. The maximum atomic E-state index is 12.2. The highest BCUT2D eigenvalue weighted by atomic mass is 32.1. The number of hydrogen-bond acceptors (Lipinski definition) is 5. The van der Waals surface area contributed by atoms with Crippen molar-refractivity contribution >= 4 is 23.2 Å². The van der Waals surface area contributed by atoms with Gasteiger partial charge >= 0.3 is 5.97 Å². The molecule has 1 unspecified atom stereocenters. The van der Waals surface area contributed by atoms with Gasteiger partial charge in [-0.15, -0.1) is 11.3 Å². The van der Waals surface area contributed by atoms with E-state index < -0.39 is 12.1 Å². The second kappa shape index (κ2) is 5.03. The van der Waals surface area contributed by atoms with Gasteiger partial charge in [-0.1, -0.05) is 0 Å². The normalized spacial score (nSPS) is 19.9. The third kappa shape index (κ3) is 2.51. The van der Waals surface area contributed by atoms with E-state index >= 15 is 0 Å². The fourth-order valence-corrected chi connectivity index (χ4v) is 2.67. The van der Waals surface area contributed by atoms with Gasteiger partial charge in [0.25, 0.3) is 5.91 Å². The predicted molar refractivity (Wildman–Crippen MR) is 64.9 cm³/mol.